The molecule has 4 atom stereocenters. The third-order valence-electron chi connectivity index (χ3n) is 4.12. The maximum Gasteiger partial charge on any atom is 0.338 e. The zero-order chi connectivity index (χ0) is 17.8. The molecule has 0 bridgehead atoms. The van der Waals surface area contributed by atoms with Crippen LogP contribution in [0.2, 0.25) is 0 Å². The van der Waals surface area contributed by atoms with Crippen LogP contribution in [0.25, 0.3) is 0 Å². The summed E-state index contributed by atoms with van der Waals surface area (Å²) in [4.78, 5) is 25.3. The second kappa shape index (κ2) is 7.64. The molecule has 1 aromatic rings. The van der Waals surface area contributed by atoms with E-state index in [-0.39, 0.29) is 12.7 Å². The highest BCUT2D eigenvalue weighted by molar-refractivity contribution is 5.89. The molecule has 8 nitrogen and oxygen atoms in total. The van der Waals surface area contributed by atoms with Crippen LogP contribution < -0.4 is 5.32 Å². The van der Waals surface area contributed by atoms with Gasteiger partial charge in [0.05, 0.1) is 11.7 Å². The van der Waals surface area contributed by atoms with Crippen LogP contribution in [0.3, 0.4) is 0 Å². The van der Waals surface area contributed by atoms with E-state index in [0.717, 1.165) is 0 Å². The monoisotopic (exact) mass is 348 g/mol. The quantitative estimate of drug-likeness (QED) is 0.765. The van der Waals surface area contributed by atoms with Crippen LogP contribution in [0.1, 0.15) is 16.8 Å². The van der Waals surface area contributed by atoms with Gasteiger partial charge in [-0.3, -0.25) is 4.90 Å². The van der Waals surface area contributed by atoms with E-state index in [1.807, 2.05) is 6.07 Å². The van der Waals surface area contributed by atoms with Gasteiger partial charge in [0.25, 0.3) is 0 Å². The summed E-state index contributed by atoms with van der Waals surface area (Å²) in [6.45, 7) is 0.0184. The number of hydrogen-bond acceptors (Lipinski definition) is 6. The molecule has 2 amide bonds. The van der Waals surface area contributed by atoms with Gasteiger partial charge in [-0.15, -0.1) is 0 Å². The molecule has 2 N–H and O–H groups in total. The van der Waals surface area contributed by atoms with Gasteiger partial charge in [-0.05, 0) is 18.2 Å². The predicted octanol–water partition coefficient (Wildman–Crippen LogP) is 0.831. The van der Waals surface area contributed by atoms with E-state index in [2.05, 4.69) is 5.32 Å². The summed E-state index contributed by atoms with van der Waals surface area (Å²) in [6.07, 6.45) is 0.962. The fraction of sp³-hybridized carbons (Fsp3) is 0.412. The van der Waals surface area contributed by atoms with Gasteiger partial charge in [0.15, 0.2) is 0 Å². The number of amides is 2. The van der Waals surface area contributed by atoms with Crippen molar-refractivity contribution >= 4 is 12.0 Å². The van der Waals surface area contributed by atoms with Crippen molar-refractivity contribution in [2.45, 2.75) is 31.1 Å². The minimum absolute atomic E-state index is 0.0184. The SMILES string of the molecule is COC1CC(N2C=CC(O)NC2=O)OC1COC(=O)c1ccccc1. The van der Waals surface area contributed by atoms with Crippen LogP contribution in [0.15, 0.2) is 42.6 Å². The summed E-state index contributed by atoms with van der Waals surface area (Å²) in [5, 5.41) is 11.8. The number of nitrogens with zero attached hydrogens (tertiary/aromatic N) is 1. The second-order valence-corrected chi connectivity index (χ2v) is 5.75. The summed E-state index contributed by atoms with van der Waals surface area (Å²) in [5.74, 6) is -0.443. The Morgan fingerprint density at radius 3 is 2.84 bits per heavy atom. The summed E-state index contributed by atoms with van der Waals surface area (Å²) in [5.41, 5.74) is 0.457. The van der Waals surface area contributed by atoms with E-state index in [1.165, 1.54) is 24.3 Å². The molecule has 4 unspecified atom stereocenters. The highest BCUT2D eigenvalue weighted by Crippen LogP contribution is 2.27. The number of aliphatic hydroxyl groups excluding tert-OH is 1. The smallest absolute Gasteiger partial charge is 0.338 e. The molecule has 0 radical (unpaired) electrons. The molecule has 2 aliphatic rings. The molecule has 0 spiro atoms. The van der Waals surface area contributed by atoms with Crippen LogP contribution in [-0.4, -0.2) is 60.4 Å². The summed E-state index contributed by atoms with van der Waals surface area (Å²) in [6, 6.07) is 8.21. The van der Waals surface area contributed by atoms with Crippen molar-refractivity contribution in [1.82, 2.24) is 10.2 Å². The lowest BCUT2D eigenvalue weighted by Crippen LogP contribution is -2.49. The molecule has 0 aromatic heterocycles. The Morgan fingerprint density at radius 1 is 1.40 bits per heavy atom. The van der Waals surface area contributed by atoms with Gasteiger partial charge in [0, 0.05) is 19.7 Å². The third kappa shape index (κ3) is 3.98. The largest absolute Gasteiger partial charge is 0.459 e. The molecule has 1 aromatic carbocycles. The van der Waals surface area contributed by atoms with Crippen molar-refractivity contribution < 1.29 is 28.9 Å². The molecule has 3 rings (SSSR count). The predicted molar refractivity (Wildman–Crippen MR) is 86.3 cm³/mol. The maximum atomic E-state index is 12.0. The Morgan fingerprint density at radius 2 is 2.16 bits per heavy atom. The zero-order valence-electron chi connectivity index (χ0n) is 13.7. The van der Waals surface area contributed by atoms with E-state index in [0.29, 0.717) is 12.0 Å². The first-order valence-corrected chi connectivity index (χ1v) is 7.94. The normalized spacial score (nSPS) is 28.7. The Hall–Kier alpha value is -2.42. The Bertz CT molecular complexity index is 650. The molecule has 2 heterocycles. The van der Waals surface area contributed by atoms with Crippen molar-refractivity contribution in [1.29, 1.82) is 0 Å². The van der Waals surface area contributed by atoms with Gasteiger partial charge in [0.2, 0.25) is 0 Å². The number of rotatable bonds is 5. The van der Waals surface area contributed by atoms with Crippen molar-refractivity contribution in [2.75, 3.05) is 13.7 Å². The first-order chi connectivity index (χ1) is 12.1. The topological polar surface area (TPSA) is 97.3 Å². The standard InChI is InChI=1S/C17H20N2O6/c1-23-12-9-15(19-8-7-14(20)18-17(19)22)25-13(12)10-24-16(21)11-5-3-2-4-6-11/h2-8,12-15,20H,9-10H2,1H3,(H,18,22). The Balaban J connectivity index is 1.59. The molecular formula is C17H20N2O6. The highest BCUT2D eigenvalue weighted by Gasteiger charge is 2.41. The number of carbonyl (C=O) groups is 2. The van der Waals surface area contributed by atoms with Crippen molar-refractivity contribution in [3.63, 3.8) is 0 Å². The molecule has 0 aliphatic carbocycles. The molecule has 1 fully saturated rings. The lowest BCUT2D eigenvalue weighted by molar-refractivity contribution is -0.0666. The number of ether oxygens (including phenoxy) is 3. The van der Waals surface area contributed by atoms with E-state index < -0.39 is 30.6 Å². The molecule has 2 aliphatic heterocycles. The Labute approximate surface area is 145 Å². The van der Waals surface area contributed by atoms with Crippen molar-refractivity contribution in [2.24, 2.45) is 0 Å². The summed E-state index contributed by atoms with van der Waals surface area (Å²) >= 11 is 0. The number of hydrogen-bond donors (Lipinski definition) is 2. The van der Waals surface area contributed by atoms with E-state index in [4.69, 9.17) is 14.2 Å². The Kier molecular flexibility index (Phi) is 5.32. The van der Waals surface area contributed by atoms with E-state index in [9.17, 15) is 14.7 Å². The minimum atomic E-state index is -1.01. The van der Waals surface area contributed by atoms with Crippen LogP contribution in [0.4, 0.5) is 4.79 Å². The minimum Gasteiger partial charge on any atom is -0.459 e. The maximum absolute atomic E-state index is 12.0. The molecule has 8 heteroatoms. The lowest BCUT2D eigenvalue weighted by Gasteiger charge is -2.29. The van der Waals surface area contributed by atoms with Crippen LogP contribution in [-0.2, 0) is 14.2 Å². The van der Waals surface area contributed by atoms with Gasteiger partial charge in [-0.25, -0.2) is 9.59 Å². The second-order valence-electron chi connectivity index (χ2n) is 5.75. The number of nitrogens with one attached hydrogen (secondary N) is 1. The van der Waals surface area contributed by atoms with Crippen molar-refractivity contribution in [3.8, 4) is 0 Å². The molecule has 25 heavy (non-hydrogen) atoms. The number of carbonyl (C=O) groups excluding carboxylic acids is 2. The number of benzene rings is 1. The zero-order valence-corrected chi connectivity index (χ0v) is 13.7. The average molecular weight is 348 g/mol. The van der Waals surface area contributed by atoms with Gasteiger partial charge in [-0.1, -0.05) is 18.2 Å². The summed E-state index contributed by atoms with van der Waals surface area (Å²) < 4.78 is 16.5. The average Bonchev–Trinajstić information content (AvgIpc) is 3.03. The number of urea groups is 1. The highest BCUT2D eigenvalue weighted by atomic mass is 16.6. The van der Waals surface area contributed by atoms with Gasteiger partial charge >= 0.3 is 12.0 Å². The number of esters is 1. The van der Waals surface area contributed by atoms with Crippen molar-refractivity contribution in [3.05, 3.63) is 48.2 Å². The third-order valence-corrected chi connectivity index (χ3v) is 4.12. The fourth-order valence-electron chi connectivity index (χ4n) is 2.80. The molecular weight excluding hydrogens is 328 g/mol. The first kappa shape index (κ1) is 17.4. The van der Waals surface area contributed by atoms with Gasteiger partial charge < -0.3 is 24.6 Å². The fourth-order valence-corrected chi connectivity index (χ4v) is 2.80. The number of aliphatic hydroxyl groups is 1. The lowest BCUT2D eigenvalue weighted by atomic mass is 10.2. The van der Waals surface area contributed by atoms with Crippen LogP contribution >= 0.6 is 0 Å². The van der Waals surface area contributed by atoms with Gasteiger partial charge in [0.1, 0.15) is 25.2 Å². The number of methoxy groups -OCH3 is 1. The van der Waals surface area contributed by atoms with E-state index in [1.54, 1.807) is 24.3 Å². The first-order valence-electron chi connectivity index (χ1n) is 7.94. The summed E-state index contributed by atoms with van der Waals surface area (Å²) in [7, 11) is 1.54. The van der Waals surface area contributed by atoms with Crippen LogP contribution in [0, 0.1) is 0 Å². The molecule has 1 saturated heterocycles. The molecule has 0 saturated carbocycles. The van der Waals surface area contributed by atoms with Gasteiger partial charge in [-0.2, -0.15) is 0 Å². The molecule has 134 valence electrons. The van der Waals surface area contributed by atoms with E-state index >= 15 is 0 Å². The van der Waals surface area contributed by atoms with Crippen LogP contribution in [0.5, 0.6) is 0 Å².